The van der Waals surface area contributed by atoms with Crippen LogP contribution in [-0.2, 0) is 4.79 Å². The van der Waals surface area contributed by atoms with E-state index in [1.807, 2.05) is 12.1 Å². The third-order valence-corrected chi connectivity index (χ3v) is 3.39. The number of nitrogens with zero attached hydrogens (tertiary/aromatic N) is 1. The highest BCUT2D eigenvalue weighted by Crippen LogP contribution is 2.25. The fourth-order valence-corrected chi connectivity index (χ4v) is 2.22. The van der Waals surface area contributed by atoms with Crippen molar-refractivity contribution in [3.63, 3.8) is 0 Å². The zero-order chi connectivity index (χ0) is 14.9. The van der Waals surface area contributed by atoms with E-state index in [2.05, 4.69) is 15.5 Å². The Labute approximate surface area is 125 Å². The van der Waals surface area contributed by atoms with Crippen LogP contribution in [0.2, 0.25) is 0 Å². The van der Waals surface area contributed by atoms with Crippen LogP contribution < -0.4 is 20.1 Å². The Morgan fingerprint density at radius 3 is 2.71 bits per heavy atom. The molecule has 1 saturated heterocycles. The van der Waals surface area contributed by atoms with E-state index in [-0.39, 0.29) is 12.5 Å². The predicted molar refractivity (Wildman–Crippen MR) is 80.8 cm³/mol. The topological polar surface area (TPSA) is 62.8 Å². The van der Waals surface area contributed by atoms with Gasteiger partial charge in [-0.2, -0.15) is 0 Å². The van der Waals surface area contributed by atoms with Crippen LogP contribution in [0.3, 0.4) is 0 Å². The molecule has 1 amide bonds. The van der Waals surface area contributed by atoms with E-state index in [1.165, 1.54) is 0 Å². The number of carbonyl (C=O) groups is 1. The molecule has 1 fully saturated rings. The van der Waals surface area contributed by atoms with Crippen LogP contribution >= 0.6 is 0 Å². The first kappa shape index (κ1) is 15.6. The van der Waals surface area contributed by atoms with E-state index >= 15 is 0 Å². The minimum atomic E-state index is -0.115. The Kier molecular flexibility index (Phi) is 6.30. The lowest BCUT2D eigenvalue weighted by Gasteiger charge is -2.27. The molecule has 1 aliphatic heterocycles. The second-order valence-corrected chi connectivity index (χ2v) is 4.88. The highest BCUT2D eigenvalue weighted by atomic mass is 16.5. The Morgan fingerprint density at radius 2 is 2.00 bits per heavy atom. The van der Waals surface area contributed by atoms with Crippen LogP contribution in [0.1, 0.15) is 0 Å². The lowest BCUT2D eigenvalue weighted by atomic mass is 10.3. The molecule has 1 heterocycles. The maximum absolute atomic E-state index is 11.7. The highest BCUT2D eigenvalue weighted by molar-refractivity contribution is 5.77. The number of ether oxygens (including phenoxy) is 2. The van der Waals surface area contributed by atoms with Gasteiger partial charge < -0.3 is 20.1 Å². The van der Waals surface area contributed by atoms with Gasteiger partial charge >= 0.3 is 0 Å². The summed E-state index contributed by atoms with van der Waals surface area (Å²) in [5, 5.41) is 6.17. The van der Waals surface area contributed by atoms with Crippen molar-refractivity contribution in [2.45, 2.75) is 0 Å². The smallest absolute Gasteiger partial charge is 0.257 e. The maximum atomic E-state index is 11.7. The normalized spacial score (nSPS) is 15.5. The highest BCUT2D eigenvalue weighted by Gasteiger charge is 2.10. The summed E-state index contributed by atoms with van der Waals surface area (Å²) in [7, 11) is 1.58. The van der Waals surface area contributed by atoms with Gasteiger partial charge in [0.2, 0.25) is 0 Å². The van der Waals surface area contributed by atoms with Gasteiger partial charge in [-0.3, -0.25) is 9.69 Å². The minimum Gasteiger partial charge on any atom is -0.493 e. The summed E-state index contributed by atoms with van der Waals surface area (Å²) in [5.74, 6) is 1.10. The van der Waals surface area contributed by atoms with Gasteiger partial charge in [0.05, 0.1) is 7.11 Å². The lowest BCUT2D eigenvalue weighted by molar-refractivity contribution is -0.123. The second kappa shape index (κ2) is 8.49. The molecule has 0 aliphatic carbocycles. The average Bonchev–Trinajstić information content (AvgIpc) is 2.54. The number of benzene rings is 1. The number of amides is 1. The number of hydrogen-bond acceptors (Lipinski definition) is 5. The first-order chi connectivity index (χ1) is 10.3. The molecule has 6 heteroatoms. The maximum Gasteiger partial charge on any atom is 0.257 e. The molecule has 0 aromatic heterocycles. The first-order valence-electron chi connectivity index (χ1n) is 7.25. The number of carbonyl (C=O) groups excluding carboxylic acids is 1. The zero-order valence-electron chi connectivity index (χ0n) is 12.4. The van der Waals surface area contributed by atoms with E-state index < -0.39 is 0 Å². The zero-order valence-corrected chi connectivity index (χ0v) is 12.4. The van der Waals surface area contributed by atoms with Crippen molar-refractivity contribution in [2.75, 3.05) is 53.0 Å². The molecular formula is C15H23N3O3. The molecule has 0 atom stereocenters. The Hall–Kier alpha value is -1.79. The van der Waals surface area contributed by atoms with Gasteiger partial charge in [-0.25, -0.2) is 0 Å². The van der Waals surface area contributed by atoms with Crippen LogP contribution in [0.5, 0.6) is 11.5 Å². The minimum absolute atomic E-state index is 0.00191. The van der Waals surface area contributed by atoms with Crippen LogP contribution in [0.25, 0.3) is 0 Å². The molecule has 0 bridgehead atoms. The molecule has 1 aromatic rings. The Balaban J connectivity index is 1.65. The van der Waals surface area contributed by atoms with Crippen molar-refractivity contribution in [3.8, 4) is 11.5 Å². The molecule has 2 N–H and O–H groups in total. The third-order valence-electron chi connectivity index (χ3n) is 3.39. The number of piperazine rings is 1. The number of methoxy groups -OCH3 is 1. The van der Waals surface area contributed by atoms with Crippen molar-refractivity contribution >= 4 is 5.91 Å². The summed E-state index contributed by atoms with van der Waals surface area (Å²) in [6.07, 6.45) is 0. The SMILES string of the molecule is COc1ccccc1OCC(=O)NCCN1CCNCC1. The van der Waals surface area contributed by atoms with Gasteiger partial charge in [0.15, 0.2) is 18.1 Å². The van der Waals surface area contributed by atoms with Gasteiger partial charge in [-0.15, -0.1) is 0 Å². The number of para-hydroxylation sites is 2. The molecule has 2 rings (SSSR count). The molecule has 0 spiro atoms. The standard InChI is InChI=1S/C15H23N3O3/c1-20-13-4-2-3-5-14(13)21-12-15(19)17-8-11-18-9-6-16-7-10-18/h2-5,16H,6-12H2,1H3,(H,17,19). The largest absolute Gasteiger partial charge is 0.493 e. The number of hydrogen-bond donors (Lipinski definition) is 2. The van der Waals surface area contributed by atoms with E-state index in [4.69, 9.17) is 9.47 Å². The fourth-order valence-electron chi connectivity index (χ4n) is 2.22. The molecular weight excluding hydrogens is 270 g/mol. The second-order valence-electron chi connectivity index (χ2n) is 4.88. The third kappa shape index (κ3) is 5.24. The molecule has 1 aliphatic rings. The molecule has 0 radical (unpaired) electrons. The van der Waals surface area contributed by atoms with Crippen molar-refractivity contribution in [3.05, 3.63) is 24.3 Å². The van der Waals surface area contributed by atoms with Crippen molar-refractivity contribution < 1.29 is 14.3 Å². The van der Waals surface area contributed by atoms with Crippen LogP contribution in [-0.4, -0.2) is 63.8 Å². The summed E-state index contributed by atoms with van der Waals surface area (Å²) >= 11 is 0. The molecule has 0 saturated carbocycles. The van der Waals surface area contributed by atoms with Gasteiger partial charge in [0, 0.05) is 39.3 Å². The predicted octanol–water partition coefficient (Wildman–Crippen LogP) is 0.0954. The van der Waals surface area contributed by atoms with Crippen molar-refractivity contribution in [1.82, 2.24) is 15.5 Å². The molecule has 6 nitrogen and oxygen atoms in total. The summed E-state index contributed by atoms with van der Waals surface area (Å²) in [4.78, 5) is 14.1. The number of nitrogens with one attached hydrogen (secondary N) is 2. The van der Waals surface area contributed by atoms with Gasteiger partial charge in [0.1, 0.15) is 0 Å². The Morgan fingerprint density at radius 1 is 1.29 bits per heavy atom. The van der Waals surface area contributed by atoms with E-state index in [0.717, 1.165) is 32.7 Å². The van der Waals surface area contributed by atoms with E-state index in [9.17, 15) is 4.79 Å². The molecule has 21 heavy (non-hydrogen) atoms. The van der Waals surface area contributed by atoms with E-state index in [0.29, 0.717) is 18.0 Å². The summed E-state index contributed by atoms with van der Waals surface area (Å²) in [5.41, 5.74) is 0. The number of rotatable bonds is 7. The lowest BCUT2D eigenvalue weighted by Crippen LogP contribution is -2.46. The van der Waals surface area contributed by atoms with Crippen molar-refractivity contribution in [1.29, 1.82) is 0 Å². The van der Waals surface area contributed by atoms with Gasteiger partial charge in [-0.1, -0.05) is 12.1 Å². The van der Waals surface area contributed by atoms with Crippen LogP contribution in [0, 0.1) is 0 Å². The van der Waals surface area contributed by atoms with Crippen molar-refractivity contribution in [2.24, 2.45) is 0 Å². The van der Waals surface area contributed by atoms with Gasteiger partial charge in [-0.05, 0) is 12.1 Å². The summed E-state index contributed by atoms with van der Waals surface area (Å²) in [6.45, 7) is 5.63. The average molecular weight is 293 g/mol. The quantitative estimate of drug-likeness (QED) is 0.746. The summed E-state index contributed by atoms with van der Waals surface area (Å²) < 4.78 is 10.6. The molecule has 0 unspecified atom stereocenters. The Bertz CT molecular complexity index is 448. The molecule has 116 valence electrons. The molecule has 1 aromatic carbocycles. The van der Waals surface area contributed by atoms with Crippen LogP contribution in [0.15, 0.2) is 24.3 Å². The van der Waals surface area contributed by atoms with Gasteiger partial charge in [0.25, 0.3) is 5.91 Å². The fraction of sp³-hybridized carbons (Fsp3) is 0.533. The monoisotopic (exact) mass is 293 g/mol. The first-order valence-corrected chi connectivity index (χ1v) is 7.25. The van der Waals surface area contributed by atoms with E-state index in [1.54, 1.807) is 19.2 Å². The summed E-state index contributed by atoms with van der Waals surface area (Å²) in [6, 6.07) is 7.30. The van der Waals surface area contributed by atoms with Crippen LogP contribution in [0.4, 0.5) is 0 Å².